The van der Waals surface area contributed by atoms with E-state index in [-0.39, 0.29) is 11.8 Å². The highest BCUT2D eigenvalue weighted by Crippen LogP contribution is 2.22. The zero-order valence-corrected chi connectivity index (χ0v) is 13.7. The summed E-state index contributed by atoms with van der Waals surface area (Å²) in [4.78, 5) is 25.1. The number of aryl methyl sites for hydroxylation is 2. The number of benzene rings is 1. The lowest BCUT2D eigenvalue weighted by molar-refractivity contribution is -0.132. The first-order chi connectivity index (χ1) is 10.5. The summed E-state index contributed by atoms with van der Waals surface area (Å²) in [5.41, 5.74) is 7.36. The minimum Gasteiger partial charge on any atom is -0.370 e. The number of carbonyl (C=O) groups is 2. The summed E-state index contributed by atoms with van der Waals surface area (Å²) < 4.78 is 0. The fourth-order valence-corrected chi connectivity index (χ4v) is 3.08. The molecule has 2 N–H and O–H groups in total. The van der Waals surface area contributed by atoms with Gasteiger partial charge in [0.15, 0.2) is 0 Å². The van der Waals surface area contributed by atoms with Crippen LogP contribution in [0.5, 0.6) is 0 Å². The van der Waals surface area contributed by atoms with Gasteiger partial charge in [0.1, 0.15) is 0 Å². The molecule has 0 spiro atoms. The Morgan fingerprint density at radius 1 is 1.32 bits per heavy atom. The third-order valence-electron chi connectivity index (χ3n) is 4.32. The summed E-state index contributed by atoms with van der Waals surface area (Å²) in [6, 6.07) is 5.94. The Kier molecular flexibility index (Phi) is 5.83. The lowest BCUT2D eigenvalue weighted by atomic mass is 9.93. The maximum absolute atomic E-state index is 12.3. The number of primary amides is 1. The van der Waals surface area contributed by atoms with E-state index in [1.807, 2.05) is 30.0 Å². The molecule has 22 heavy (non-hydrogen) atoms. The van der Waals surface area contributed by atoms with E-state index in [1.165, 1.54) is 0 Å². The zero-order valence-electron chi connectivity index (χ0n) is 13.0. The second kappa shape index (κ2) is 7.63. The number of piperidine rings is 1. The van der Waals surface area contributed by atoms with Gasteiger partial charge in [-0.25, -0.2) is 0 Å². The average molecular weight is 323 g/mol. The normalized spacial score (nSPS) is 15.8. The van der Waals surface area contributed by atoms with E-state index < -0.39 is 0 Å². The van der Waals surface area contributed by atoms with Gasteiger partial charge in [-0.1, -0.05) is 23.7 Å². The number of carbonyl (C=O) groups excluding carboxylic acids is 2. The van der Waals surface area contributed by atoms with Crippen LogP contribution < -0.4 is 5.73 Å². The highest BCUT2D eigenvalue weighted by atomic mass is 35.5. The second-order valence-corrected chi connectivity index (χ2v) is 6.49. The predicted molar refractivity (Wildman–Crippen MR) is 87.6 cm³/mol. The molecule has 1 fully saturated rings. The van der Waals surface area contributed by atoms with Gasteiger partial charge in [-0.05, 0) is 49.3 Å². The Morgan fingerprint density at radius 3 is 2.59 bits per heavy atom. The van der Waals surface area contributed by atoms with E-state index >= 15 is 0 Å². The second-order valence-electron chi connectivity index (χ2n) is 6.08. The largest absolute Gasteiger partial charge is 0.370 e. The fraction of sp³-hybridized carbons (Fsp3) is 0.529. The third-order valence-corrected chi connectivity index (χ3v) is 4.73. The van der Waals surface area contributed by atoms with Crippen molar-refractivity contribution in [3.8, 4) is 0 Å². The highest BCUT2D eigenvalue weighted by Gasteiger charge is 2.23. The Labute approximate surface area is 136 Å². The van der Waals surface area contributed by atoms with Gasteiger partial charge >= 0.3 is 0 Å². The van der Waals surface area contributed by atoms with Crippen molar-refractivity contribution in [2.45, 2.75) is 39.0 Å². The average Bonchev–Trinajstić information content (AvgIpc) is 2.48. The van der Waals surface area contributed by atoms with Crippen LogP contribution in [0.25, 0.3) is 0 Å². The van der Waals surface area contributed by atoms with Crippen molar-refractivity contribution < 1.29 is 9.59 Å². The number of hydrogen-bond donors (Lipinski definition) is 1. The molecule has 0 aliphatic carbocycles. The van der Waals surface area contributed by atoms with E-state index in [0.717, 1.165) is 42.1 Å². The molecule has 1 saturated heterocycles. The lowest BCUT2D eigenvalue weighted by Crippen LogP contribution is -2.39. The van der Waals surface area contributed by atoms with Crippen LogP contribution in [0, 0.1) is 12.8 Å². The van der Waals surface area contributed by atoms with Crippen LogP contribution in [0.3, 0.4) is 0 Å². The molecule has 0 unspecified atom stereocenters. The Hall–Kier alpha value is -1.55. The quantitative estimate of drug-likeness (QED) is 0.906. The van der Waals surface area contributed by atoms with E-state index in [1.54, 1.807) is 0 Å². The molecular formula is C17H23ClN2O2. The number of amides is 2. The van der Waals surface area contributed by atoms with Crippen LogP contribution in [0.15, 0.2) is 18.2 Å². The number of nitrogens with two attached hydrogens (primary N) is 1. The van der Waals surface area contributed by atoms with Crippen molar-refractivity contribution in [3.05, 3.63) is 34.3 Å². The van der Waals surface area contributed by atoms with Crippen molar-refractivity contribution in [1.29, 1.82) is 0 Å². The maximum Gasteiger partial charge on any atom is 0.222 e. The van der Waals surface area contributed by atoms with E-state index in [0.29, 0.717) is 25.2 Å². The van der Waals surface area contributed by atoms with Crippen LogP contribution in [0.2, 0.25) is 5.02 Å². The molecule has 1 aromatic carbocycles. The van der Waals surface area contributed by atoms with Gasteiger partial charge < -0.3 is 10.6 Å². The fourth-order valence-electron chi connectivity index (χ4n) is 2.87. The van der Waals surface area contributed by atoms with Crippen molar-refractivity contribution in [2.24, 2.45) is 11.7 Å². The minimum atomic E-state index is -0.249. The molecule has 1 heterocycles. The molecule has 5 heteroatoms. The molecule has 4 nitrogen and oxygen atoms in total. The van der Waals surface area contributed by atoms with E-state index in [2.05, 4.69) is 0 Å². The van der Waals surface area contributed by atoms with Gasteiger partial charge in [0.25, 0.3) is 0 Å². The third kappa shape index (κ3) is 4.73. The van der Waals surface area contributed by atoms with E-state index in [9.17, 15) is 9.59 Å². The van der Waals surface area contributed by atoms with Crippen molar-refractivity contribution in [3.63, 3.8) is 0 Å². The number of halogens is 1. The minimum absolute atomic E-state index is 0.175. The highest BCUT2D eigenvalue weighted by molar-refractivity contribution is 6.31. The molecule has 120 valence electrons. The summed E-state index contributed by atoms with van der Waals surface area (Å²) in [7, 11) is 0. The standard InChI is InChI=1S/C17H23ClN2O2/c1-12-2-3-13(10-15(12)18)4-5-17(22)20-8-6-14(7-9-20)11-16(19)21/h2-3,10,14H,4-9,11H2,1H3,(H2,19,21). The molecule has 1 aliphatic rings. The van der Waals surface area contributed by atoms with Crippen LogP contribution in [-0.4, -0.2) is 29.8 Å². The van der Waals surface area contributed by atoms with Crippen LogP contribution in [0.4, 0.5) is 0 Å². The molecule has 2 rings (SSSR count). The lowest BCUT2D eigenvalue weighted by Gasteiger charge is -2.31. The number of nitrogens with zero attached hydrogens (tertiary/aromatic N) is 1. The summed E-state index contributed by atoms with van der Waals surface area (Å²) in [5.74, 6) is 0.257. The molecule has 1 aliphatic heterocycles. The summed E-state index contributed by atoms with van der Waals surface area (Å²) in [6.45, 7) is 3.42. The maximum atomic E-state index is 12.3. The van der Waals surface area contributed by atoms with E-state index in [4.69, 9.17) is 17.3 Å². The molecule has 0 bridgehead atoms. The van der Waals surface area contributed by atoms with Crippen LogP contribution in [0.1, 0.15) is 36.8 Å². The number of rotatable bonds is 5. The van der Waals surface area contributed by atoms with Gasteiger partial charge in [0.05, 0.1) is 0 Å². The Balaban J connectivity index is 1.78. The molecule has 0 aromatic heterocycles. The molecule has 0 saturated carbocycles. The molecule has 0 atom stereocenters. The van der Waals surface area contributed by atoms with Crippen molar-refractivity contribution >= 4 is 23.4 Å². The molecule has 1 aromatic rings. The molecule has 0 radical (unpaired) electrons. The van der Waals surface area contributed by atoms with Gasteiger partial charge in [-0.15, -0.1) is 0 Å². The molecular weight excluding hydrogens is 300 g/mol. The van der Waals surface area contributed by atoms with Gasteiger partial charge in [0, 0.05) is 31.0 Å². The summed E-state index contributed by atoms with van der Waals surface area (Å²) in [5, 5.41) is 0.747. The van der Waals surface area contributed by atoms with Crippen LogP contribution in [-0.2, 0) is 16.0 Å². The first-order valence-corrected chi connectivity index (χ1v) is 8.14. The zero-order chi connectivity index (χ0) is 16.1. The summed E-state index contributed by atoms with van der Waals surface area (Å²) >= 11 is 6.10. The van der Waals surface area contributed by atoms with Gasteiger partial charge in [-0.2, -0.15) is 0 Å². The van der Waals surface area contributed by atoms with Gasteiger partial charge in [0.2, 0.25) is 11.8 Å². The number of likely N-dealkylation sites (tertiary alicyclic amines) is 1. The SMILES string of the molecule is Cc1ccc(CCC(=O)N2CCC(CC(N)=O)CC2)cc1Cl. The molecule has 2 amide bonds. The smallest absolute Gasteiger partial charge is 0.222 e. The monoisotopic (exact) mass is 322 g/mol. The summed E-state index contributed by atoms with van der Waals surface area (Å²) in [6.07, 6.45) is 3.37. The first-order valence-electron chi connectivity index (χ1n) is 7.77. The Bertz CT molecular complexity index is 552. The predicted octanol–water partition coefficient (Wildman–Crippen LogP) is 2.70. The topological polar surface area (TPSA) is 63.4 Å². The van der Waals surface area contributed by atoms with Gasteiger partial charge in [-0.3, -0.25) is 9.59 Å². The first kappa shape index (κ1) is 16.8. The van der Waals surface area contributed by atoms with Crippen molar-refractivity contribution in [1.82, 2.24) is 4.90 Å². The van der Waals surface area contributed by atoms with Crippen molar-refractivity contribution in [2.75, 3.05) is 13.1 Å². The van der Waals surface area contributed by atoms with Crippen LogP contribution >= 0.6 is 11.6 Å². The Morgan fingerprint density at radius 2 is 2.00 bits per heavy atom. The number of hydrogen-bond acceptors (Lipinski definition) is 2.